The molecule has 2 aromatic heterocycles. The van der Waals surface area contributed by atoms with Crippen LogP contribution in [0.25, 0.3) is 11.0 Å². The lowest BCUT2D eigenvalue weighted by molar-refractivity contribution is 0.0933. The minimum atomic E-state index is -0.0885. The van der Waals surface area contributed by atoms with Crippen LogP contribution in [0.2, 0.25) is 0 Å². The Morgan fingerprint density at radius 1 is 1.09 bits per heavy atom. The molecule has 1 amide bonds. The molecule has 1 aromatic carbocycles. The van der Waals surface area contributed by atoms with Gasteiger partial charge in [-0.2, -0.15) is 5.10 Å². The van der Waals surface area contributed by atoms with Gasteiger partial charge in [0, 0.05) is 11.7 Å². The zero-order valence-electron chi connectivity index (χ0n) is 19.1. The zero-order valence-corrected chi connectivity index (χ0v) is 19.1. The first-order chi connectivity index (χ1) is 15.4. The molecule has 2 aliphatic rings. The molecule has 1 saturated carbocycles. The third kappa shape index (κ3) is 3.80. The molecule has 168 valence electrons. The Kier molecular flexibility index (Phi) is 5.27. The molecule has 0 saturated heterocycles. The van der Waals surface area contributed by atoms with Crippen molar-refractivity contribution in [3.63, 3.8) is 0 Å². The second kappa shape index (κ2) is 8.11. The number of benzene rings is 1. The van der Waals surface area contributed by atoms with Crippen LogP contribution in [0.5, 0.6) is 11.5 Å². The van der Waals surface area contributed by atoms with E-state index >= 15 is 0 Å². The highest BCUT2D eigenvalue weighted by molar-refractivity contribution is 6.05. The number of aromatic nitrogens is 3. The summed E-state index contributed by atoms with van der Waals surface area (Å²) in [6, 6.07) is 8.01. The summed E-state index contributed by atoms with van der Waals surface area (Å²) >= 11 is 0. The summed E-state index contributed by atoms with van der Waals surface area (Å²) in [4.78, 5) is 18.4. The predicted molar refractivity (Wildman–Crippen MR) is 122 cm³/mol. The third-order valence-corrected chi connectivity index (χ3v) is 6.22. The van der Waals surface area contributed by atoms with Gasteiger partial charge in [0.25, 0.3) is 5.91 Å². The Morgan fingerprint density at radius 3 is 2.53 bits per heavy atom. The first-order valence-electron chi connectivity index (χ1n) is 11.5. The number of amides is 1. The van der Waals surface area contributed by atoms with E-state index < -0.39 is 0 Å². The molecule has 1 fully saturated rings. The third-order valence-electron chi connectivity index (χ3n) is 6.22. The van der Waals surface area contributed by atoms with E-state index in [0.717, 1.165) is 46.6 Å². The molecule has 0 bridgehead atoms. The smallest absolute Gasteiger partial charge is 0.252 e. The number of nitrogens with zero attached hydrogens (tertiary/aromatic N) is 3. The number of carbonyl (C=O) groups is 1. The predicted octanol–water partition coefficient (Wildman–Crippen LogP) is 4.79. The Morgan fingerprint density at radius 2 is 1.84 bits per heavy atom. The standard InChI is InChI=1S/C25H30N4O3/c1-14(2)20-12-18(19-13-26-29(15(3)4)24(19)27-20)25(30)28-23(16-5-6-16)17-7-8-21-22(11-17)32-10-9-31-21/h7-8,11-16,23H,5-6,9-10H2,1-4H3,(H,28,30). The van der Waals surface area contributed by atoms with Gasteiger partial charge in [0.15, 0.2) is 17.1 Å². The van der Waals surface area contributed by atoms with Crippen molar-refractivity contribution in [3.05, 3.63) is 47.3 Å². The van der Waals surface area contributed by atoms with Gasteiger partial charge in [-0.05, 0) is 62.3 Å². The van der Waals surface area contributed by atoms with Crippen LogP contribution in [-0.4, -0.2) is 33.9 Å². The molecule has 3 aromatic rings. The van der Waals surface area contributed by atoms with E-state index in [4.69, 9.17) is 14.5 Å². The number of rotatable bonds is 6. The van der Waals surface area contributed by atoms with E-state index in [2.05, 4.69) is 38.1 Å². The van der Waals surface area contributed by atoms with Crippen LogP contribution in [0.15, 0.2) is 30.5 Å². The summed E-state index contributed by atoms with van der Waals surface area (Å²) in [6.07, 6.45) is 3.97. The van der Waals surface area contributed by atoms with Crippen LogP contribution in [0.3, 0.4) is 0 Å². The van der Waals surface area contributed by atoms with Crippen LogP contribution in [0.4, 0.5) is 0 Å². The van der Waals surface area contributed by atoms with Gasteiger partial charge in [0.1, 0.15) is 13.2 Å². The minimum Gasteiger partial charge on any atom is -0.486 e. The number of carbonyl (C=O) groups excluding carboxylic acids is 1. The van der Waals surface area contributed by atoms with Crippen molar-refractivity contribution in [1.82, 2.24) is 20.1 Å². The quantitative estimate of drug-likeness (QED) is 0.604. The van der Waals surface area contributed by atoms with Crippen molar-refractivity contribution in [2.45, 2.75) is 58.5 Å². The topological polar surface area (TPSA) is 78.3 Å². The Bertz CT molecular complexity index is 1160. The minimum absolute atomic E-state index is 0.0656. The van der Waals surface area contributed by atoms with Gasteiger partial charge in [-0.3, -0.25) is 4.79 Å². The number of fused-ring (bicyclic) bond motifs is 2. The lowest BCUT2D eigenvalue weighted by Crippen LogP contribution is -2.30. The molecule has 7 heteroatoms. The molecule has 3 heterocycles. The molecule has 0 radical (unpaired) electrons. The number of hydrogen-bond donors (Lipinski definition) is 1. The number of hydrogen-bond acceptors (Lipinski definition) is 5. The first kappa shape index (κ1) is 20.8. The molecular weight excluding hydrogens is 404 g/mol. The molecule has 1 atom stereocenters. The van der Waals surface area contributed by atoms with Crippen LogP contribution in [0, 0.1) is 5.92 Å². The SMILES string of the molecule is CC(C)c1cc(C(=O)NC(c2ccc3c(c2)OCCO3)C2CC2)c2cnn(C(C)C)c2n1. The largest absolute Gasteiger partial charge is 0.486 e. The lowest BCUT2D eigenvalue weighted by atomic mass is 10.00. The number of nitrogens with one attached hydrogen (secondary N) is 1. The highest BCUT2D eigenvalue weighted by atomic mass is 16.6. The van der Waals surface area contributed by atoms with Crippen LogP contribution < -0.4 is 14.8 Å². The summed E-state index contributed by atoms with van der Waals surface area (Å²) in [5.74, 6) is 2.06. The van der Waals surface area contributed by atoms with E-state index in [1.54, 1.807) is 6.20 Å². The molecular formula is C25H30N4O3. The fourth-order valence-corrected chi connectivity index (χ4v) is 4.27. The van der Waals surface area contributed by atoms with Crippen molar-refractivity contribution in [1.29, 1.82) is 0 Å². The summed E-state index contributed by atoms with van der Waals surface area (Å²) < 4.78 is 13.3. The highest BCUT2D eigenvalue weighted by Crippen LogP contribution is 2.43. The number of pyridine rings is 1. The molecule has 5 rings (SSSR count). The molecule has 1 N–H and O–H groups in total. The summed E-state index contributed by atoms with van der Waals surface area (Å²) in [5, 5.41) is 8.62. The van der Waals surface area contributed by atoms with Gasteiger partial charge >= 0.3 is 0 Å². The second-order valence-electron chi connectivity index (χ2n) is 9.36. The van der Waals surface area contributed by atoms with Crippen LogP contribution in [0.1, 0.15) is 80.2 Å². The fourth-order valence-electron chi connectivity index (χ4n) is 4.27. The maximum atomic E-state index is 13.6. The van der Waals surface area contributed by atoms with Crippen molar-refractivity contribution in [3.8, 4) is 11.5 Å². The van der Waals surface area contributed by atoms with E-state index in [1.807, 2.05) is 28.9 Å². The van der Waals surface area contributed by atoms with Gasteiger partial charge in [-0.25, -0.2) is 9.67 Å². The molecule has 0 spiro atoms. The fraction of sp³-hybridized carbons (Fsp3) is 0.480. The first-order valence-corrected chi connectivity index (χ1v) is 11.5. The maximum absolute atomic E-state index is 13.6. The van der Waals surface area contributed by atoms with Gasteiger partial charge in [-0.1, -0.05) is 19.9 Å². The van der Waals surface area contributed by atoms with E-state index in [1.165, 1.54) is 0 Å². The normalized spacial score (nSPS) is 16.6. The number of ether oxygens (including phenoxy) is 2. The maximum Gasteiger partial charge on any atom is 0.252 e. The summed E-state index contributed by atoms with van der Waals surface area (Å²) in [5.41, 5.74) is 3.34. The van der Waals surface area contributed by atoms with Gasteiger partial charge in [0.05, 0.1) is 23.2 Å². The Labute approximate surface area is 188 Å². The van der Waals surface area contributed by atoms with Crippen molar-refractivity contribution < 1.29 is 14.3 Å². The van der Waals surface area contributed by atoms with Gasteiger partial charge < -0.3 is 14.8 Å². The van der Waals surface area contributed by atoms with E-state index in [0.29, 0.717) is 24.7 Å². The lowest BCUT2D eigenvalue weighted by Gasteiger charge is -2.23. The summed E-state index contributed by atoms with van der Waals surface area (Å²) in [6.45, 7) is 9.43. The second-order valence-corrected chi connectivity index (χ2v) is 9.36. The molecule has 1 aliphatic heterocycles. The average molecular weight is 435 g/mol. The Balaban J connectivity index is 1.50. The zero-order chi connectivity index (χ0) is 22.4. The average Bonchev–Trinajstić information content (AvgIpc) is 3.53. The van der Waals surface area contributed by atoms with Gasteiger partial charge in [0.2, 0.25) is 0 Å². The Hall–Kier alpha value is -3.09. The molecule has 1 unspecified atom stereocenters. The van der Waals surface area contributed by atoms with E-state index in [-0.39, 0.29) is 23.9 Å². The van der Waals surface area contributed by atoms with Crippen molar-refractivity contribution in [2.24, 2.45) is 5.92 Å². The van der Waals surface area contributed by atoms with Gasteiger partial charge in [-0.15, -0.1) is 0 Å². The highest BCUT2D eigenvalue weighted by Gasteiger charge is 2.35. The molecule has 1 aliphatic carbocycles. The van der Waals surface area contributed by atoms with Crippen LogP contribution >= 0.6 is 0 Å². The van der Waals surface area contributed by atoms with Crippen molar-refractivity contribution >= 4 is 16.9 Å². The van der Waals surface area contributed by atoms with Crippen LogP contribution in [-0.2, 0) is 0 Å². The van der Waals surface area contributed by atoms with Crippen molar-refractivity contribution in [2.75, 3.05) is 13.2 Å². The molecule has 32 heavy (non-hydrogen) atoms. The summed E-state index contributed by atoms with van der Waals surface area (Å²) in [7, 11) is 0. The van der Waals surface area contributed by atoms with E-state index in [9.17, 15) is 4.79 Å². The monoisotopic (exact) mass is 434 g/mol. The molecule has 7 nitrogen and oxygen atoms in total.